The van der Waals surface area contributed by atoms with Gasteiger partial charge in [0.05, 0.1) is 0 Å². The van der Waals surface area contributed by atoms with Gasteiger partial charge in [0.15, 0.2) is 0 Å². The van der Waals surface area contributed by atoms with Crippen LogP contribution in [-0.4, -0.2) is 22.8 Å². The molecule has 0 aliphatic heterocycles. The third kappa shape index (κ3) is 3.06. The predicted octanol–water partition coefficient (Wildman–Crippen LogP) is 3.20. The van der Waals surface area contributed by atoms with E-state index in [9.17, 15) is 0 Å². The second-order valence-electron chi connectivity index (χ2n) is 7.06. The molecule has 110 valence electrons. The number of fused-ring (bicyclic) bond motifs is 2. The molecule has 0 aromatic carbocycles. The number of aromatic nitrogens is 2. The summed E-state index contributed by atoms with van der Waals surface area (Å²) >= 11 is 1.87. The Morgan fingerprint density at radius 1 is 1.05 bits per heavy atom. The molecule has 0 spiro atoms. The Labute approximate surface area is 125 Å². The fraction of sp³-hybridized carbons (Fsp3) is 0.875. The molecule has 1 N–H and O–H groups in total. The number of hydrogen-bond donors (Lipinski definition) is 1. The highest BCUT2D eigenvalue weighted by Gasteiger charge is 2.39. The number of hydrogen-bond acceptors (Lipinski definition) is 4. The van der Waals surface area contributed by atoms with Gasteiger partial charge < -0.3 is 5.32 Å². The van der Waals surface area contributed by atoms with E-state index in [4.69, 9.17) is 0 Å². The minimum Gasteiger partial charge on any atom is -0.314 e. The lowest BCUT2D eigenvalue weighted by atomic mass is 9.87. The summed E-state index contributed by atoms with van der Waals surface area (Å²) in [5.41, 5.74) is 0. The molecule has 3 aliphatic carbocycles. The summed E-state index contributed by atoms with van der Waals surface area (Å²) in [5, 5.41) is 14.9. The molecular weight excluding hydrogens is 266 g/mol. The summed E-state index contributed by atoms with van der Waals surface area (Å²) in [6.07, 6.45) is 12.2. The van der Waals surface area contributed by atoms with Gasteiger partial charge in [0.2, 0.25) is 0 Å². The van der Waals surface area contributed by atoms with Gasteiger partial charge in [-0.2, -0.15) is 0 Å². The molecule has 3 nitrogen and oxygen atoms in total. The van der Waals surface area contributed by atoms with Gasteiger partial charge in [0, 0.05) is 18.9 Å². The molecule has 2 bridgehead atoms. The summed E-state index contributed by atoms with van der Waals surface area (Å²) < 4.78 is 0. The standard InChI is InChI=1S/C16H25N3S/c1(7-17-14-5-6-14)2-15-18-19-16(20-15)10-13-9-11-3-4-12(13)8-11/h11-14,17H,1-10H2. The van der Waals surface area contributed by atoms with E-state index < -0.39 is 0 Å². The average molecular weight is 291 g/mol. The minimum absolute atomic E-state index is 0.831. The summed E-state index contributed by atoms with van der Waals surface area (Å²) in [4.78, 5) is 0. The van der Waals surface area contributed by atoms with Crippen LogP contribution >= 0.6 is 11.3 Å². The van der Waals surface area contributed by atoms with Crippen LogP contribution in [0.3, 0.4) is 0 Å². The smallest absolute Gasteiger partial charge is 0.117 e. The van der Waals surface area contributed by atoms with Crippen LogP contribution < -0.4 is 5.32 Å². The maximum Gasteiger partial charge on any atom is 0.117 e. The van der Waals surface area contributed by atoms with Crippen molar-refractivity contribution in [2.45, 2.75) is 63.8 Å². The maximum absolute atomic E-state index is 4.44. The lowest BCUT2D eigenvalue weighted by molar-refractivity contribution is 0.331. The molecule has 1 heterocycles. The molecule has 20 heavy (non-hydrogen) atoms. The molecule has 1 aromatic rings. The molecule has 4 rings (SSSR count). The van der Waals surface area contributed by atoms with Crippen molar-refractivity contribution in [2.75, 3.05) is 6.54 Å². The van der Waals surface area contributed by atoms with Crippen molar-refractivity contribution in [2.24, 2.45) is 17.8 Å². The zero-order chi connectivity index (χ0) is 13.4. The zero-order valence-electron chi connectivity index (χ0n) is 12.2. The van der Waals surface area contributed by atoms with Crippen LogP contribution in [0.4, 0.5) is 0 Å². The molecule has 1 aromatic heterocycles. The summed E-state index contributed by atoms with van der Waals surface area (Å²) in [5.74, 6) is 2.98. The second kappa shape index (κ2) is 5.72. The molecule has 3 saturated carbocycles. The van der Waals surface area contributed by atoms with Crippen LogP contribution in [0, 0.1) is 17.8 Å². The molecule has 4 heteroatoms. The fourth-order valence-electron chi connectivity index (χ4n) is 4.16. The summed E-state index contributed by atoms with van der Waals surface area (Å²) in [7, 11) is 0. The monoisotopic (exact) mass is 291 g/mol. The van der Waals surface area contributed by atoms with E-state index in [1.54, 1.807) is 0 Å². The van der Waals surface area contributed by atoms with E-state index in [0.29, 0.717) is 0 Å². The van der Waals surface area contributed by atoms with E-state index in [1.807, 2.05) is 11.3 Å². The molecule has 3 aliphatic rings. The molecule has 0 radical (unpaired) electrons. The SMILES string of the molecule is C(CNC1CC1)Cc1nnc(CC2CC3CCC2C3)s1. The van der Waals surface area contributed by atoms with E-state index in [2.05, 4.69) is 15.5 Å². The Morgan fingerprint density at radius 3 is 2.70 bits per heavy atom. The summed E-state index contributed by atoms with van der Waals surface area (Å²) in [6, 6.07) is 0.831. The van der Waals surface area contributed by atoms with E-state index in [0.717, 1.165) is 36.8 Å². The quantitative estimate of drug-likeness (QED) is 0.784. The topological polar surface area (TPSA) is 37.8 Å². The highest BCUT2D eigenvalue weighted by atomic mass is 32.1. The van der Waals surface area contributed by atoms with Gasteiger partial charge in [0.1, 0.15) is 10.0 Å². The van der Waals surface area contributed by atoms with Gasteiger partial charge in [-0.3, -0.25) is 0 Å². The van der Waals surface area contributed by atoms with Crippen LogP contribution in [0.5, 0.6) is 0 Å². The normalized spacial score (nSPS) is 32.1. The van der Waals surface area contributed by atoms with Crippen LogP contribution in [0.1, 0.15) is 55.0 Å². The Bertz CT molecular complexity index is 454. The first-order valence-electron chi connectivity index (χ1n) is 8.41. The maximum atomic E-state index is 4.44. The van der Waals surface area contributed by atoms with Gasteiger partial charge in [-0.25, -0.2) is 0 Å². The Morgan fingerprint density at radius 2 is 1.95 bits per heavy atom. The predicted molar refractivity (Wildman–Crippen MR) is 81.9 cm³/mol. The first kappa shape index (κ1) is 13.2. The number of nitrogens with zero attached hydrogens (tertiary/aromatic N) is 2. The largest absolute Gasteiger partial charge is 0.314 e. The fourth-order valence-corrected chi connectivity index (χ4v) is 5.13. The highest BCUT2D eigenvalue weighted by molar-refractivity contribution is 7.11. The molecule has 3 unspecified atom stereocenters. The van der Waals surface area contributed by atoms with Gasteiger partial charge in [-0.15, -0.1) is 21.5 Å². The molecule has 3 atom stereocenters. The van der Waals surface area contributed by atoms with Crippen molar-refractivity contribution in [1.82, 2.24) is 15.5 Å². The van der Waals surface area contributed by atoms with Crippen molar-refractivity contribution in [1.29, 1.82) is 0 Å². The van der Waals surface area contributed by atoms with Crippen LogP contribution in [0.15, 0.2) is 0 Å². The number of rotatable bonds is 7. The lowest BCUT2D eigenvalue weighted by Gasteiger charge is -2.19. The van der Waals surface area contributed by atoms with E-state index in [-0.39, 0.29) is 0 Å². The number of aryl methyl sites for hydroxylation is 1. The van der Waals surface area contributed by atoms with Gasteiger partial charge in [0.25, 0.3) is 0 Å². The second-order valence-corrected chi connectivity index (χ2v) is 8.21. The molecule has 0 amide bonds. The van der Waals surface area contributed by atoms with E-state index in [1.165, 1.54) is 61.4 Å². The average Bonchev–Trinajstić information content (AvgIpc) is 2.87. The van der Waals surface area contributed by atoms with Crippen LogP contribution in [0.25, 0.3) is 0 Å². The Balaban J connectivity index is 1.23. The highest BCUT2D eigenvalue weighted by Crippen LogP contribution is 2.49. The lowest BCUT2D eigenvalue weighted by Crippen LogP contribution is -2.17. The summed E-state index contributed by atoms with van der Waals surface area (Å²) in [6.45, 7) is 1.14. The van der Waals surface area contributed by atoms with Crippen molar-refractivity contribution in [3.63, 3.8) is 0 Å². The Hall–Kier alpha value is -0.480. The van der Waals surface area contributed by atoms with Gasteiger partial charge in [-0.05, 0) is 62.8 Å². The molecule has 0 saturated heterocycles. The number of nitrogens with one attached hydrogen (secondary N) is 1. The molecular formula is C16H25N3S. The third-order valence-electron chi connectivity index (χ3n) is 5.41. The van der Waals surface area contributed by atoms with E-state index >= 15 is 0 Å². The van der Waals surface area contributed by atoms with Gasteiger partial charge >= 0.3 is 0 Å². The first-order chi connectivity index (χ1) is 9.87. The van der Waals surface area contributed by atoms with Crippen molar-refractivity contribution < 1.29 is 0 Å². The van der Waals surface area contributed by atoms with Crippen LogP contribution in [-0.2, 0) is 12.8 Å². The first-order valence-corrected chi connectivity index (χ1v) is 9.23. The molecule has 3 fully saturated rings. The van der Waals surface area contributed by atoms with Gasteiger partial charge in [-0.1, -0.05) is 6.42 Å². The van der Waals surface area contributed by atoms with Crippen LogP contribution in [0.2, 0.25) is 0 Å². The third-order valence-corrected chi connectivity index (χ3v) is 6.41. The minimum atomic E-state index is 0.831. The van der Waals surface area contributed by atoms with Crippen molar-refractivity contribution >= 4 is 11.3 Å². The van der Waals surface area contributed by atoms with Crippen molar-refractivity contribution in [3.05, 3.63) is 10.0 Å². The van der Waals surface area contributed by atoms with Crippen molar-refractivity contribution in [3.8, 4) is 0 Å². The zero-order valence-corrected chi connectivity index (χ0v) is 13.0. The Kier molecular flexibility index (Phi) is 3.78.